The minimum absolute atomic E-state index is 0.144. The Morgan fingerprint density at radius 2 is 1.78 bits per heavy atom. The van der Waals surface area contributed by atoms with E-state index in [4.69, 9.17) is 17.0 Å². The lowest BCUT2D eigenvalue weighted by Crippen LogP contribution is -2.20. The second-order valence-electron chi connectivity index (χ2n) is 6.69. The van der Waals surface area contributed by atoms with Crippen molar-refractivity contribution in [1.82, 2.24) is 10.3 Å². The third-order valence-electron chi connectivity index (χ3n) is 4.32. The predicted octanol–water partition coefficient (Wildman–Crippen LogP) is 5.37. The van der Waals surface area contributed by atoms with Gasteiger partial charge in [0.1, 0.15) is 17.2 Å². The summed E-state index contributed by atoms with van der Waals surface area (Å²) in [5.74, 6) is 0.646. The standard InChI is InChI=1S/C22H19F3N4O2S/c1-13-10-16(31-17-8-9-27-19(12-17)20(30)26-2)6-7-18(13)29-21(32)28-15-5-3-4-14(11-15)22(23,24)25/h3-12H,1-2H3,(H,26,30)(H2,28,29,32). The number of amides is 1. The number of pyridine rings is 1. The molecule has 10 heteroatoms. The van der Waals surface area contributed by atoms with Crippen LogP contribution in [0.4, 0.5) is 24.5 Å². The Morgan fingerprint density at radius 1 is 1.03 bits per heavy atom. The topological polar surface area (TPSA) is 75.3 Å². The van der Waals surface area contributed by atoms with E-state index in [0.29, 0.717) is 17.2 Å². The molecule has 0 aliphatic heterocycles. The molecule has 0 spiro atoms. The zero-order valence-electron chi connectivity index (χ0n) is 17.1. The van der Waals surface area contributed by atoms with Crippen molar-refractivity contribution in [2.45, 2.75) is 13.1 Å². The number of aromatic nitrogens is 1. The van der Waals surface area contributed by atoms with Gasteiger partial charge in [-0.2, -0.15) is 13.2 Å². The zero-order valence-corrected chi connectivity index (χ0v) is 17.9. The Labute approximate surface area is 187 Å². The van der Waals surface area contributed by atoms with Crippen molar-refractivity contribution < 1.29 is 22.7 Å². The summed E-state index contributed by atoms with van der Waals surface area (Å²) in [5, 5.41) is 8.35. The normalized spacial score (nSPS) is 10.9. The maximum absolute atomic E-state index is 12.9. The van der Waals surface area contributed by atoms with Gasteiger partial charge in [0.15, 0.2) is 5.11 Å². The van der Waals surface area contributed by atoms with E-state index in [1.807, 2.05) is 6.92 Å². The largest absolute Gasteiger partial charge is 0.457 e. The van der Waals surface area contributed by atoms with Gasteiger partial charge < -0.3 is 20.7 Å². The molecule has 166 valence electrons. The van der Waals surface area contributed by atoms with E-state index < -0.39 is 11.7 Å². The highest BCUT2D eigenvalue weighted by Crippen LogP contribution is 2.31. The number of nitrogens with zero attached hydrogens (tertiary/aromatic N) is 1. The average Bonchev–Trinajstić information content (AvgIpc) is 2.75. The Balaban J connectivity index is 1.67. The number of alkyl halides is 3. The van der Waals surface area contributed by atoms with Gasteiger partial charge in [-0.25, -0.2) is 0 Å². The molecule has 1 aromatic heterocycles. The summed E-state index contributed by atoms with van der Waals surface area (Å²) < 4.78 is 44.4. The molecule has 0 fully saturated rings. The van der Waals surface area contributed by atoms with E-state index in [1.165, 1.54) is 31.4 Å². The number of rotatable bonds is 5. The lowest BCUT2D eigenvalue weighted by molar-refractivity contribution is -0.137. The summed E-state index contributed by atoms with van der Waals surface area (Å²) in [7, 11) is 1.51. The van der Waals surface area contributed by atoms with Crippen LogP contribution >= 0.6 is 12.2 Å². The number of aryl methyl sites for hydroxylation is 1. The van der Waals surface area contributed by atoms with Crippen molar-refractivity contribution in [3.8, 4) is 11.5 Å². The molecule has 0 aliphatic carbocycles. The van der Waals surface area contributed by atoms with Crippen LogP contribution in [0.25, 0.3) is 0 Å². The molecule has 1 amide bonds. The second kappa shape index (κ2) is 9.65. The number of anilines is 2. The Hall–Kier alpha value is -3.66. The van der Waals surface area contributed by atoms with Crippen LogP contribution in [0.3, 0.4) is 0 Å². The number of hydrogen-bond donors (Lipinski definition) is 3. The van der Waals surface area contributed by atoms with Crippen LogP contribution in [0, 0.1) is 6.92 Å². The van der Waals surface area contributed by atoms with Crippen LogP contribution in [0.15, 0.2) is 60.8 Å². The highest BCUT2D eigenvalue weighted by molar-refractivity contribution is 7.80. The first-order valence-corrected chi connectivity index (χ1v) is 9.78. The summed E-state index contributed by atoms with van der Waals surface area (Å²) >= 11 is 5.22. The van der Waals surface area contributed by atoms with Gasteiger partial charge in [0.05, 0.1) is 5.56 Å². The molecule has 0 radical (unpaired) electrons. The lowest BCUT2D eigenvalue weighted by Gasteiger charge is -2.15. The van der Waals surface area contributed by atoms with Crippen molar-refractivity contribution in [2.75, 3.05) is 17.7 Å². The van der Waals surface area contributed by atoms with Gasteiger partial charge in [0, 0.05) is 30.7 Å². The van der Waals surface area contributed by atoms with Gasteiger partial charge in [0.2, 0.25) is 0 Å². The van der Waals surface area contributed by atoms with Crippen LogP contribution in [-0.4, -0.2) is 23.1 Å². The molecule has 6 nitrogen and oxygen atoms in total. The van der Waals surface area contributed by atoms with E-state index in [1.54, 1.807) is 24.3 Å². The maximum atomic E-state index is 12.9. The van der Waals surface area contributed by atoms with Crippen molar-refractivity contribution in [3.05, 3.63) is 77.6 Å². The number of benzene rings is 2. The van der Waals surface area contributed by atoms with Crippen molar-refractivity contribution in [1.29, 1.82) is 0 Å². The monoisotopic (exact) mass is 460 g/mol. The fourth-order valence-corrected chi connectivity index (χ4v) is 2.99. The van der Waals surface area contributed by atoms with Crippen molar-refractivity contribution in [3.63, 3.8) is 0 Å². The fourth-order valence-electron chi connectivity index (χ4n) is 2.76. The number of ether oxygens (including phenoxy) is 1. The van der Waals surface area contributed by atoms with Crippen LogP contribution in [0.1, 0.15) is 21.6 Å². The first-order chi connectivity index (χ1) is 15.2. The van der Waals surface area contributed by atoms with E-state index in [9.17, 15) is 18.0 Å². The van der Waals surface area contributed by atoms with Crippen LogP contribution in [0.5, 0.6) is 11.5 Å². The van der Waals surface area contributed by atoms with Crippen LogP contribution < -0.4 is 20.7 Å². The number of thiocarbonyl (C=S) groups is 1. The van der Waals surface area contributed by atoms with E-state index in [2.05, 4.69) is 20.9 Å². The summed E-state index contributed by atoms with van der Waals surface area (Å²) in [5.41, 5.74) is 1.13. The molecular formula is C22H19F3N4O2S. The SMILES string of the molecule is CNC(=O)c1cc(Oc2ccc(NC(=S)Nc3cccc(C(F)(F)F)c3)c(C)c2)ccn1. The first kappa shape index (κ1) is 23.0. The van der Waals surface area contributed by atoms with Gasteiger partial charge in [-0.1, -0.05) is 6.07 Å². The average molecular weight is 460 g/mol. The Kier molecular flexibility index (Phi) is 6.94. The smallest absolute Gasteiger partial charge is 0.416 e. The molecule has 2 aromatic carbocycles. The molecule has 1 heterocycles. The third-order valence-corrected chi connectivity index (χ3v) is 4.52. The van der Waals surface area contributed by atoms with E-state index in [-0.39, 0.29) is 22.4 Å². The number of carbonyl (C=O) groups excluding carboxylic acids is 1. The van der Waals surface area contributed by atoms with Gasteiger partial charge in [-0.3, -0.25) is 9.78 Å². The van der Waals surface area contributed by atoms with Gasteiger partial charge >= 0.3 is 6.18 Å². The van der Waals surface area contributed by atoms with Crippen molar-refractivity contribution >= 4 is 34.6 Å². The number of carbonyl (C=O) groups is 1. The molecule has 32 heavy (non-hydrogen) atoms. The van der Waals surface area contributed by atoms with Gasteiger partial charge in [-0.05, 0) is 67.2 Å². The molecule has 0 atom stereocenters. The maximum Gasteiger partial charge on any atom is 0.416 e. The van der Waals surface area contributed by atoms with E-state index >= 15 is 0 Å². The first-order valence-electron chi connectivity index (χ1n) is 9.37. The Bertz CT molecular complexity index is 1150. The molecule has 0 saturated carbocycles. The molecule has 0 aliphatic rings. The molecule has 0 saturated heterocycles. The molecule has 3 N–H and O–H groups in total. The number of nitrogens with one attached hydrogen (secondary N) is 3. The highest BCUT2D eigenvalue weighted by atomic mass is 32.1. The second-order valence-corrected chi connectivity index (χ2v) is 7.10. The summed E-state index contributed by atoms with van der Waals surface area (Å²) in [6, 6.07) is 13.1. The summed E-state index contributed by atoms with van der Waals surface area (Å²) in [6.07, 6.45) is -2.96. The summed E-state index contributed by atoms with van der Waals surface area (Å²) in [4.78, 5) is 15.7. The molecule has 3 aromatic rings. The van der Waals surface area contributed by atoms with Crippen molar-refractivity contribution in [2.24, 2.45) is 0 Å². The quantitative estimate of drug-likeness (QED) is 0.445. The van der Waals surface area contributed by atoms with Gasteiger partial charge in [-0.15, -0.1) is 0 Å². The third kappa shape index (κ3) is 5.94. The van der Waals surface area contributed by atoms with Crippen LogP contribution in [-0.2, 0) is 6.18 Å². The Morgan fingerprint density at radius 3 is 2.47 bits per heavy atom. The molecular weight excluding hydrogens is 441 g/mol. The predicted molar refractivity (Wildman–Crippen MR) is 120 cm³/mol. The minimum atomic E-state index is -4.44. The molecule has 3 rings (SSSR count). The number of hydrogen-bond acceptors (Lipinski definition) is 4. The molecule has 0 unspecified atom stereocenters. The number of halogens is 3. The highest BCUT2D eigenvalue weighted by Gasteiger charge is 2.30. The van der Waals surface area contributed by atoms with Gasteiger partial charge in [0.25, 0.3) is 5.91 Å². The molecule has 0 bridgehead atoms. The fraction of sp³-hybridized carbons (Fsp3) is 0.136. The zero-order chi connectivity index (χ0) is 23.3. The van der Waals surface area contributed by atoms with Crippen LogP contribution in [0.2, 0.25) is 0 Å². The minimum Gasteiger partial charge on any atom is -0.457 e. The lowest BCUT2D eigenvalue weighted by atomic mass is 10.2. The summed E-state index contributed by atoms with van der Waals surface area (Å²) in [6.45, 7) is 1.82. The van der Waals surface area contributed by atoms with E-state index in [0.717, 1.165) is 17.7 Å².